The van der Waals surface area contributed by atoms with Crippen LogP contribution in [0.4, 0.5) is 5.69 Å². The van der Waals surface area contributed by atoms with Crippen molar-refractivity contribution in [2.24, 2.45) is 0 Å². The highest BCUT2D eigenvalue weighted by molar-refractivity contribution is 6.04. The van der Waals surface area contributed by atoms with Gasteiger partial charge in [0, 0.05) is 11.9 Å². The summed E-state index contributed by atoms with van der Waals surface area (Å²) in [6, 6.07) is 12.1. The van der Waals surface area contributed by atoms with Gasteiger partial charge in [-0.15, -0.1) is 0 Å². The molecule has 2 aromatic heterocycles. The van der Waals surface area contributed by atoms with Crippen LogP contribution in [-0.2, 0) is 6.42 Å². The van der Waals surface area contributed by atoms with Gasteiger partial charge in [0.25, 0.3) is 5.91 Å². The number of aromatic hydroxyl groups is 1. The first-order chi connectivity index (χ1) is 10.7. The first kappa shape index (κ1) is 14.1. The Bertz CT molecular complexity index is 806. The Balaban J connectivity index is 1.98. The third kappa shape index (κ3) is 2.65. The number of fused-ring (bicyclic) bond motifs is 1. The number of rotatable bonds is 4. The Morgan fingerprint density at radius 1 is 1.23 bits per heavy atom. The molecular weight excluding hydrogens is 278 g/mol. The summed E-state index contributed by atoms with van der Waals surface area (Å²) in [5, 5.41) is 12.2. The van der Waals surface area contributed by atoms with Crippen LogP contribution in [0.3, 0.4) is 0 Å². The molecule has 112 valence electrons. The summed E-state index contributed by atoms with van der Waals surface area (Å²) < 4.78 is 1.81. The van der Waals surface area contributed by atoms with Gasteiger partial charge in [0.1, 0.15) is 17.1 Å². The summed E-state index contributed by atoms with van der Waals surface area (Å²) in [7, 11) is 0. The number of benzene rings is 1. The second-order valence-electron chi connectivity index (χ2n) is 5.09. The summed E-state index contributed by atoms with van der Waals surface area (Å²) in [4.78, 5) is 17.2. The maximum absolute atomic E-state index is 12.6. The molecule has 22 heavy (non-hydrogen) atoms. The lowest BCUT2D eigenvalue weighted by atomic mass is 10.2. The van der Waals surface area contributed by atoms with Crippen molar-refractivity contribution in [3.05, 3.63) is 60.0 Å². The molecule has 0 aliphatic heterocycles. The van der Waals surface area contributed by atoms with Crippen LogP contribution >= 0.6 is 0 Å². The monoisotopic (exact) mass is 295 g/mol. The largest absolute Gasteiger partial charge is 0.508 e. The minimum atomic E-state index is -0.201. The van der Waals surface area contributed by atoms with Crippen molar-refractivity contribution in [3.8, 4) is 5.75 Å². The molecule has 0 spiro atoms. The van der Waals surface area contributed by atoms with Crippen molar-refractivity contribution in [2.45, 2.75) is 19.8 Å². The molecule has 3 aromatic rings. The van der Waals surface area contributed by atoms with Gasteiger partial charge in [-0.3, -0.25) is 9.20 Å². The van der Waals surface area contributed by atoms with Crippen molar-refractivity contribution >= 4 is 17.2 Å². The van der Waals surface area contributed by atoms with Crippen LogP contribution in [0.1, 0.15) is 29.5 Å². The van der Waals surface area contributed by atoms with E-state index in [2.05, 4.69) is 17.2 Å². The number of anilines is 1. The van der Waals surface area contributed by atoms with Gasteiger partial charge in [-0.2, -0.15) is 0 Å². The van der Waals surface area contributed by atoms with Crippen molar-refractivity contribution in [3.63, 3.8) is 0 Å². The maximum atomic E-state index is 12.6. The predicted octanol–water partition coefficient (Wildman–Crippen LogP) is 3.24. The van der Waals surface area contributed by atoms with Crippen molar-refractivity contribution < 1.29 is 9.90 Å². The van der Waals surface area contributed by atoms with Gasteiger partial charge in [0.05, 0.1) is 5.69 Å². The number of carbonyl (C=O) groups excluding carboxylic acids is 1. The first-order valence-electron chi connectivity index (χ1n) is 7.25. The van der Waals surface area contributed by atoms with Gasteiger partial charge in [-0.05, 0) is 42.8 Å². The molecule has 0 fully saturated rings. The van der Waals surface area contributed by atoms with E-state index in [9.17, 15) is 9.90 Å². The number of hydrogen-bond acceptors (Lipinski definition) is 3. The number of amides is 1. The second kappa shape index (κ2) is 5.89. The predicted molar refractivity (Wildman–Crippen MR) is 85.2 cm³/mol. The molecule has 3 rings (SSSR count). The summed E-state index contributed by atoms with van der Waals surface area (Å²) in [6.07, 6.45) is 3.51. The Morgan fingerprint density at radius 2 is 2.00 bits per heavy atom. The number of aromatic nitrogens is 2. The lowest BCUT2D eigenvalue weighted by molar-refractivity contribution is 0.102. The number of pyridine rings is 1. The Kier molecular flexibility index (Phi) is 3.78. The number of nitrogens with one attached hydrogen (secondary N) is 1. The van der Waals surface area contributed by atoms with E-state index in [-0.39, 0.29) is 11.7 Å². The minimum Gasteiger partial charge on any atom is -0.508 e. The SMILES string of the molecule is CCCc1nc2ccccn2c1C(=O)Nc1ccc(O)cc1. The molecule has 2 heterocycles. The van der Waals surface area contributed by atoms with Gasteiger partial charge in [-0.1, -0.05) is 19.4 Å². The maximum Gasteiger partial charge on any atom is 0.274 e. The quantitative estimate of drug-likeness (QED) is 0.726. The molecule has 1 amide bonds. The number of carbonyl (C=O) groups is 1. The van der Waals surface area contributed by atoms with Crippen LogP contribution in [0.15, 0.2) is 48.7 Å². The molecule has 0 aliphatic rings. The highest BCUT2D eigenvalue weighted by atomic mass is 16.3. The highest BCUT2D eigenvalue weighted by Crippen LogP contribution is 2.18. The van der Waals surface area contributed by atoms with Gasteiger partial charge in [0.15, 0.2) is 0 Å². The zero-order chi connectivity index (χ0) is 15.5. The van der Waals surface area contributed by atoms with Crippen LogP contribution in [-0.4, -0.2) is 20.4 Å². The zero-order valence-corrected chi connectivity index (χ0v) is 12.3. The van der Waals surface area contributed by atoms with Crippen LogP contribution < -0.4 is 5.32 Å². The standard InChI is InChI=1S/C17H17N3O2/c1-2-5-14-16(20-11-4-3-6-15(20)19-14)17(22)18-12-7-9-13(21)10-8-12/h3-4,6-11,21H,2,5H2,1H3,(H,18,22). The van der Waals surface area contributed by atoms with E-state index >= 15 is 0 Å². The lowest BCUT2D eigenvalue weighted by Crippen LogP contribution is -2.16. The van der Waals surface area contributed by atoms with E-state index in [1.54, 1.807) is 16.5 Å². The molecule has 0 saturated carbocycles. The number of nitrogens with zero attached hydrogens (tertiary/aromatic N) is 2. The summed E-state index contributed by atoms with van der Waals surface area (Å²) in [5.41, 5.74) is 2.76. The van der Waals surface area contributed by atoms with Crippen molar-refractivity contribution in [2.75, 3.05) is 5.32 Å². The van der Waals surface area contributed by atoms with E-state index in [0.717, 1.165) is 24.2 Å². The summed E-state index contributed by atoms with van der Waals surface area (Å²) >= 11 is 0. The van der Waals surface area contributed by atoms with E-state index in [0.29, 0.717) is 11.4 Å². The number of phenols is 1. The molecule has 0 saturated heterocycles. The van der Waals surface area contributed by atoms with Crippen LogP contribution in [0, 0.1) is 0 Å². The topological polar surface area (TPSA) is 66.6 Å². The van der Waals surface area contributed by atoms with Gasteiger partial charge < -0.3 is 10.4 Å². The van der Waals surface area contributed by atoms with Gasteiger partial charge in [-0.25, -0.2) is 4.98 Å². The molecule has 1 aromatic carbocycles. The molecular formula is C17H17N3O2. The Morgan fingerprint density at radius 3 is 2.73 bits per heavy atom. The second-order valence-corrected chi connectivity index (χ2v) is 5.09. The number of hydrogen-bond donors (Lipinski definition) is 2. The Hall–Kier alpha value is -2.82. The molecule has 0 radical (unpaired) electrons. The molecule has 5 nitrogen and oxygen atoms in total. The fourth-order valence-electron chi connectivity index (χ4n) is 2.43. The van der Waals surface area contributed by atoms with Crippen LogP contribution in [0.2, 0.25) is 0 Å². The van der Waals surface area contributed by atoms with E-state index in [1.807, 2.05) is 24.4 Å². The van der Waals surface area contributed by atoms with Crippen LogP contribution in [0.5, 0.6) is 5.75 Å². The molecule has 0 bridgehead atoms. The number of imidazole rings is 1. The summed E-state index contributed by atoms with van der Waals surface area (Å²) in [5.74, 6) is -0.0349. The number of phenolic OH excluding ortho intramolecular Hbond substituents is 1. The minimum absolute atomic E-state index is 0.166. The average molecular weight is 295 g/mol. The fourth-order valence-corrected chi connectivity index (χ4v) is 2.43. The Labute approximate surface area is 128 Å². The smallest absolute Gasteiger partial charge is 0.274 e. The normalized spacial score (nSPS) is 10.8. The van der Waals surface area contributed by atoms with Crippen molar-refractivity contribution in [1.29, 1.82) is 0 Å². The van der Waals surface area contributed by atoms with Gasteiger partial charge >= 0.3 is 0 Å². The number of aryl methyl sites for hydroxylation is 1. The first-order valence-corrected chi connectivity index (χ1v) is 7.25. The molecule has 2 N–H and O–H groups in total. The van der Waals surface area contributed by atoms with E-state index in [4.69, 9.17) is 0 Å². The van der Waals surface area contributed by atoms with E-state index < -0.39 is 0 Å². The zero-order valence-electron chi connectivity index (χ0n) is 12.3. The molecule has 0 atom stereocenters. The molecule has 5 heteroatoms. The third-order valence-electron chi connectivity index (χ3n) is 3.43. The van der Waals surface area contributed by atoms with Gasteiger partial charge in [0.2, 0.25) is 0 Å². The lowest BCUT2D eigenvalue weighted by Gasteiger charge is -2.07. The highest BCUT2D eigenvalue weighted by Gasteiger charge is 2.18. The summed E-state index contributed by atoms with van der Waals surface area (Å²) in [6.45, 7) is 2.06. The third-order valence-corrected chi connectivity index (χ3v) is 3.43. The molecule has 0 unspecified atom stereocenters. The average Bonchev–Trinajstić information content (AvgIpc) is 2.88. The van der Waals surface area contributed by atoms with Crippen LogP contribution in [0.25, 0.3) is 5.65 Å². The fraction of sp³-hybridized carbons (Fsp3) is 0.176. The molecule has 0 aliphatic carbocycles. The van der Waals surface area contributed by atoms with E-state index in [1.165, 1.54) is 12.1 Å². The van der Waals surface area contributed by atoms with Crippen molar-refractivity contribution in [1.82, 2.24) is 9.38 Å².